The van der Waals surface area contributed by atoms with Crippen LogP contribution in [-0.4, -0.2) is 25.4 Å². The van der Waals surface area contributed by atoms with Gasteiger partial charge in [0.25, 0.3) is 0 Å². The number of hydrogen-bond acceptors (Lipinski definition) is 3. The number of benzene rings is 1. The van der Waals surface area contributed by atoms with Crippen molar-refractivity contribution in [2.75, 3.05) is 20.3 Å². The van der Waals surface area contributed by atoms with Crippen molar-refractivity contribution in [3.05, 3.63) is 29.8 Å². The Labute approximate surface area is 110 Å². The minimum absolute atomic E-state index is 0.0832. The number of ether oxygens (including phenoxy) is 2. The topological polar surface area (TPSA) is 38.7 Å². The summed E-state index contributed by atoms with van der Waals surface area (Å²) in [6.45, 7) is 7.05. The lowest BCUT2D eigenvalue weighted by Gasteiger charge is -2.32. The number of methoxy groups -OCH3 is 1. The first-order chi connectivity index (χ1) is 8.54. The van der Waals surface area contributed by atoms with E-state index in [1.54, 1.807) is 7.11 Å². The Morgan fingerprint density at radius 1 is 1.22 bits per heavy atom. The summed E-state index contributed by atoms with van der Waals surface area (Å²) in [5.41, 5.74) is -0.0823. The van der Waals surface area contributed by atoms with Crippen LogP contribution in [0.4, 0.5) is 0 Å². The van der Waals surface area contributed by atoms with Gasteiger partial charge in [0.15, 0.2) is 0 Å². The Morgan fingerprint density at radius 2 is 1.83 bits per heavy atom. The average molecular weight is 252 g/mol. The molecule has 18 heavy (non-hydrogen) atoms. The summed E-state index contributed by atoms with van der Waals surface area (Å²) in [6, 6.07) is 7.61. The predicted octanol–water partition coefficient (Wildman–Crippen LogP) is 2.97. The van der Waals surface area contributed by atoms with Crippen molar-refractivity contribution in [1.82, 2.24) is 0 Å². The second-order valence-electron chi connectivity index (χ2n) is 4.88. The predicted molar refractivity (Wildman–Crippen MR) is 72.8 cm³/mol. The monoisotopic (exact) mass is 252 g/mol. The fourth-order valence-electron chi connectivity index (χ4n) is 1.86. The Balaban J connectivity index is 2.87. The maximum Gasteiger partial charge on any atom is 0.119 e. The Hall–Kier alpha value is -1.06. The number of hydrogen-bond donors (Lipinski definition) is 1. The van der Waals surface area contributed by atoms with Crippen molar-refractivity contribution in [2.24, 2.45) is 5.92 Å². The fraction of sp³-hybridized carbons (Fsp3) is 0.600. The minimum atomic E-state index is -0.946. The van der Waals surface area contributed by atoms with Gasteiger partial charge in [0.1, 0.15) is 11.4 Å². The molecule has 1 aromatic rings. The Bertz CT molecular complexity index is 345. The standard InChI is InChI=1S/C15H24O3/c1-5-10-18-14-8-6-13(7-9-14)15(16,11-17-4)12(2)3/h6-9,12,16H,5,10-11H2,1-4H3. The molecular formula is C15H24O3. The van der Waals surface area contributed by atoms with E-state index >= 15 is 0 Å². The van der Waals surface area contributed by atoms with E-state index < -0.39 is 5.60 Å². The third kappa shape index (κ3) is 3.47. The van der Waals surface area contributed by atoms with Crippen LogP contribution < -0.4 is 4.74 Å². The number of rotatable bonds is 7. The molecule has 0 aliphatic rings. The van der Waals surface area contributed by atoms with E-state index in [9.17, 15) is 5.11 Å². The molecule has 3 heteroatoms. The smallest absolute Gasteiger partial charge is 0.119 e. The van der Waals surface area contributed by atoms with Gasteiger partial charge in [-0.05, 0) is 30.0 Å². The van der Waals surface area contributed by atoms with Crippen molar-refractivity contribution in [2.45, 2.75) is 32.8 Å². The van der Waals surface area contributed by atoms with Crippen molar-refractivity contribution >= 4 is 0 Å². The third-order valence-corrected chi connectivity index (χ3v) is 3.15. The third-order valence-electron chi connectivity index (χ3n) is 3.15. The molecule has 0 amide bonds. The van der Waals surface area contributed by atoms with E-state index in [1.807, 2.05) is 38.1 Å². The van der Waals surface area contributed by atoms with Gasteiger partial charge in [-0.15, -0.1) is 0 Å². The molecule has 0 heterocycles. The van der Waals surface area contributed by atoms with Crippen molar-refractivity contribution in [3.63, 3.8) is 0 Å². The zero-order chi connectivity index (χ0) is 13.6. The zero-order valence-electron chi connectivity index (χ0n) is 11.8. The van der Waals surface area contributed by atoms with Gasteiger partial charge in [0.05, 0.1) is 13.2 Å². The number of aliphatic hydroxyl groups is 1. The molecule has 102 valence electrons. The summed E-state index contributed by atoms with van der Waals surface area (Å²) < 4.78 is 10.7. The van der Waals surface area contributed by atoms with Crippen LogP contribution >= 0.6 is 0 Å². The van der Waals surface area contributed by atoms with Gasteiger partial charge in [-0.2, -0.15) is 0 Å². The highest BCUT2D eigenvalue weighted by molar-refractivity contribution is 5.31. The highest BCUT2D eigenvalue weighted by Gasteiger charge is 2.33. The zero-order valence-corrected chi connectivity index (χ0v) is 11.8. The molecule has 0 saturated heterocycles. The van der Waals surface area contributed by atoms with E-state index in [-0.39, 0.29) is 5.92 Å². The fourth-order valence-corrected chi connectivity index (χ4v) is 1.86. The molecule has 1 atom stereocenters. The lowest BCUT2D eigenvalue weighted by molar-refractivity contribution is -0.0700. The highest BCUT2D eigenvalue weighted by atomic mass is 16.5. The molecule has 1 N–H and O–H groups in total. The van der Waals surface area contributed by atoms with Crippen LogP contribution in [-0.2, 0) is 10.3 Å². The normalized spacial score (nSPS) is 14.6. The van der Waals surface area contributed by atoms with E-state index in [0.717, 1.165) is 17.7 Å². The summed E-state index contributed by atoms with van der Waals surface area (Å²) in [6.07, 6.45) is 0.987. The molecule has 0 aromatic heterocycles. The maximum atomic E-state index is 10.7. The molecule has 1 unspecified atom stereocenters. The molecule has 0 bridgehead atoms. The lowest BCUT2D eigenvalue weighted by atomic mass is 9.84. The molecule has 0 aliphatic heterocycles. The maximum absolute atomic E-state index is 10.7. The van der Waals surface area contributed by atoms with Gasteiger partial charge in [-0.1, -0.05) is 32.9 Å². The van der Waals surface area contributed by atoms with E-state index in [2.05, 4.69) is 6.92 Å². The Morgan fingerprint density at radius 3 is 2.28 bits per heavy atom. The second-order valence-corrected chi connectivity index (χ2v) is 4.88. The van der Waals surface area contributed by atoms with Gasteiger partial charge in [0.2, 0.25) is 0 Å². The molecule has 1 aromatic carbocycles. The van der Waals surface area contributed by atoms with E-state index in [0.29, 0.717) is 13.2 Å². The Kier molecular flexibility index (Phi) is 5.63. The van der Waals surface area contributed by atoms with Crippen LogP contribution in [0.2, 0.25) is 0 Å². The van der Waals surface area contributed by atoms with Crippen molar-refractivity contribution < 1.29 is 14.6 Å². The molecule has 1 rings (SSSR count). The van der Waals surface area contributed by atoms with Crippen LogP contribution in [0, 0.1) is 5.92 Å². The minimum Gasteiger partial charge on any atom is -0.494 e. The lowest BCUT2D eigenvalue weighted by Crippen LogP contribution is -2.36. The first-order valence-corrected chi connectivity index (χ1v) is 6.49. The summed E-state index contributed by atoms with van der Waals surface area (Å²) >= 11 is 0. The SMILES string of the molecule is CCCOc1ccc(C(O)(COC)C(C)C)cc1. The van der Waals surface area contributed by atoms with Crippen molar-refractivity contribution in [1.29, 1.82) is 0 Å². The van der Waals surface area contributed by atoms with Gasteiger partial charge in [-0.3, -0.25) is 0 Å². The van der Waals surface area contributed by atoms with Crippen LogP contribution in [0.3, 0.4) is 0 Å². The van der Waals surface area contributed by atoms with Gasteiger partial charge in [-0.25, -0.2) is 0 Å². The molecule has 0 fully saturated rings. The summed E-state index contributed by atoms with van der Waals surface area (Å²) in [5, 5.41) is 10.7. The molecule has 0 aliphatic carbocycles. The summed E-state index contributed by atoms with van der Waals surface area (Å²) in [4.78, 5) is 0. The van der Waals surface area contributed by atoms with Crippen LogP contribution in [0.25, 0.3) is 0 Å². The van der Waals surface area contributed by atoms with E-state index in [4.69, 9.17) is 9.47 Å². The van der Waals surface area contributed by atoms with Crippen LogP contribution in [0.5, 0.6) is 5.75 Å². The van der Waals surface area contributed by atoms with Crippen LogP contribution in [0.1, 0.15) is 32.8 Å². The highest BCUT2D eigenvalue weighted by Crippen LogP contribution is 2.31. The van der Waals surface area contributed by atoms with Crippen LogP contribution in [0.15, 0.2) is 24.3 Å². The molecule has 0 radical (unpaired) electrons. The largest absolute Gasteiger partial charge is 0.494 e. The molecule has 0 saturated carbocycles. The van der Waals surface area contributed by atoms with Gasteiger partial charge in [0, 0.05) is 7.11 Å². The van der Waals surface area contributed by atoms with Gasteiger partial charge >= 0.3 is 0 Å². The van der Waals surface area contributed by atoms with Crippen molar-refractivity contribution in [3.8, 4) is 5.75 Å². The van der Waals surface area contributed by atoms with Gasteiger partial charge < -0.3 is 14.6 Å². The second kappa shape index (κ2) is 6.76. The first-order valence-electron chi connectivity index (χ1n) is 6.49. The quantitative estimate of drug-likeness (QED) is 0.811. The first kappa shape index (κ1) is 15.0. The molecular weight excluding hydrogens is 228 g/mol. The summed E-state index contributed by atoms with van der Waals surface area (Å²) in [7, 11) is 1.60. The average Bonchev–Trinajstić information content (AvgIpc) is 2.37. The molecule has 3 nitrogen and oxygen atoms in total. The van der Waals surface area contributed by atoms with E-state index in [1.165, 1.54) is 0 Å². The molecule has 0 spiro atoms. The summed E-state index contributed by atoms with van der Waals surface area (Å²) in [5.74, 6) is 0.920.